The number of benzene rings is 12. The van der Waals surface area contributed by atoms with Crippen LogP contribution in [0.1, 0.15) is 56.3 Å². The molecule has 0 heterocycles. The Morgan fingerprint density at radius 3 is 1.19 bits per heavy atom. The summed E-state index contributed by atoms with van der Waals surface area (Å²) in [5.41, 5.74) is 32.3. The third kappa shape index (κ3) is 7.61. The summed E-state index contributed by atoms with van der Waals surface area (Å²) < 4.78 is 0. The van der Waals surface area contributed by atoms with Gasteiger partial charge in [-0.1, -0.05) is 303 Å². The van der Waals surface area contributed by atoms with Crippen LogP contribution < -0.4 is 0 Å². The molecule has 392 valence electrons. The van der Waals surface area contributed by atoms with E-state index in [0.717, 1.165) is 0 Å². The van der Waals surface area contributed by atoms with Gasteiger partial charge in [0.2, 0.25) is 0 Å². The van der Waals surface area contributed by atoms with Gasteiger partial charge in [-0.2, -0.15) is 0 Å². The standard InChI is InChI=1S/C52H34.C32H22/c1-3-14-33(15-4-1)47-32-46(35-28-26-34(27-29-35)45-30-37-18-7-9-20-39(37)41-22-11-12-23-42(41)45)49(36-16-5-2-6-17-36)52-48-31-38-19-8-10-21-40(38)43-24-13-25-44(50(43)48)51(47)52;1-3-10-21(11-4-1)25-18-19-26(22-12-5-2-6-13-22)32-29-20-23-14-7-8-15-24(23)27-16-9-17-28(30(27)29)31(25)32/h1-32,43,50H;1-20,27,30H. The van der Waals surface area contributed by atoms with E-state index in [1.807, 2.05) is 0 Å². The van der Waals surface area contributed by atoms with Crippen LogP contribution in [-0.2, 0) is 0 Å². The highest BCUT2D eigenvalue weighted by molar-refractivity contribution is 6.16. The SMILES string of the molecule is C1=CC2c3ccccc3C=C3c4c(-c5ccccc5)ccc(-c5ccccc5)c4C(=C1)C32.C1=CC2c3ccccc3C=C3c4c(c(-c5ccccc5)cc(-c5ccc(-c6cc7ccccc7c7ccccc67)cc5)c4-c4ccccc4)C(=C1)C32. The average Bonchev–Trinajstić information content (AvgIpc) is 3.02. The molecule has 0 aromatic heterocycles. The molecule has 0 bridgehead atoms. The van der Waals surface area contributed by atoms with Crippen LogP contribution in [0.3, 0.4) is 0 Å². The maximum Gasteiger partial charge on any atom is 0.0206 e. The highest BCUT2D eigenvalue weighted by atomic mass is 14.5. The molecule has 0 amide bonds. The van der Waals surface area contributed by atoms with Gasteiger partial charge in [0.15, 0.2) is 0 Å². The molecule has 0 spiro atoms. The van der Waals surface area contributed by atoms with E-state index in [9.17, 15) is 0 Å². The molecule has 0 aliphatic heterocycles. The molecule has 84 heavy (non-hydrogen) atoms. The van der Waals surface area contributed by atoms with Gasteiger partial charge in [-0.3, -0.25) is 0 Å². The van der Waals surface area contributed by atoms with E-state index >= 15 is 0 Å². The van der Waals surface area contributed by atoms with Gasteiger partial charge in [0.1, 0.15) is 0 Å². The van der Waals surface area contributed by atoms with Crippen molar-refractivity contribution in [2.45, 2.75) is 11.8 Å². The molecule has 4 unspecified atom stereocenters. The molecular weight excluding hydrogens is 1010 g/mol. The van der Waals surface area contributed by atoms with Gasteiger partial charge in [0.05, 0.1) is 0 Å². The molecule has 6 aliphatic carbocycles. The van der Waals surface area contributed by atoms with Crippen molar-refractivity contribution in [3.05, 3.63) is 348 Å². The van der Waals surface area contributed by atoms with E-state index in [4.69, 9.17) is 0 Å². The molecule has 0 radical (unpaired) electrons. The summed E-state index contributed by atoms with van der Waals surface area (Å²) in [7, 11) is 0. The fraction of sp³-hybridized carbons (Fsp3) is 0.0476. The molecule has 0 saturated heterocycles. The van der Waals surface area contributed by atoms with Crippen LogP contribution in [0.25, 0.3) is 123 Å². The predicted octanol–water partition coefficient (Wildman–Crippen LogP) is 22.1. The Bertz CT molecular complexity index is 4850. The zero-order chi connectivity index (χ0) is 55.2. The van der Waals surface area contributed by atoms with Crippen LogP contribution in [0.5, 0.6) is 0 Å². The molecule has 0 heteroatoms. The van der Waals surface area contributed by atoms with E-state index in [1.165, 1.54) is 155 Å². The zero-order valence-corrected chi connectivity index (χ0v) is 46.3. The topological polar surface area (TPSA) is 0 Å². The molecule has 18 rings (SSSR count). The van der Waals surface area contributed by atoms with E-state index < -0.39 is 0 Å². The fourth-order valence-corrected chi connectivity index (χ4v) is 15.3. The van der Waals surface area contributed by atoms with Gasteiger partial charge >= 0.3 is 0 Å². The van der Waals surface area contributed by atoms with Gasteiger partial charge in [0, 0.05) is 23.7 Å². The molecule has 6 aliphatic rings. The lowest BCUT2D eigenvalue weighted by atomic mass is 9.71. The van der Waals surface area contributed by atoms with Crippen LogP contribution in [0, 0.1) is 11.8 Å². The van der Waals surface area contributed by atoms with E-state index in [2.05, 4.69) is 316 Å². The quantitative estimate of drug-likeness (QED) is 0.146. The summed E-state index contributed by atoms with van der Waals surface area (Å²) >= 11 is 0. The van der Waals surface area contributed by atoms with Crippen molar-refractivity contribution < 1.29 is 0 Å². The lowest BCUT2D eigenvalue weighted by Gasteiger charge is -2.32. The predicted molar refractivity (Wildman–Crippen MR) is 356 cm³/mol. The number of allylic oxidation sites excluding steroid dienone is 10. The van der Waals surface area contributed by atoms with Crippen LogP contribution in [0.2, 0.25) is 0 Å². The second kappa shape index (κ2) is 19.7. The molecule has 12 aromatic carbocycles. The van der Waals surface area contributed by atoms with Crippen molar-refractivity contribution in [1.82, 2.24) is 0 Å². The van der Waals surface area contributed by atoms with Crippen LogP contribution in [0.15, 0.2) is 303 Å². The molecule has 0 nitrogen and oxygen atoms in total. The molecule has 0 fully saturated rings. The minimum Gasteiger partial charge on any atom is -0.0760 e. The Morgan fingerprint density at radius 2 is 0.631 bits per heavy atom. The van der Waals surface area contributed by atoms with Gasteiger partial charge in [-0.05, 0) is 167 Å². The van der Waals surface area contributed by atoms with Gasteiger partial charge in [0.25, 0.3) is 0 Å². The highest BCUT2D eigenvalue weighted by Crippen LogP contribution is 2.63. The van der Waals surface area contributed by atoms with Crippen molar-refractivity contribution in [2.75, 3.05) is 0 Å². The number of rotatable bonds is 6. The van der Waals surface area contributed by atoms with Crippen molar-refractivity contribution >= 4 is 56.0 Å². The normalized spacial score (nSPS) is 17.7. The Morgan fingerprint density at radius 1 is 0.238 bits per heavy atom. The fourth-order valence-electron chi connectivity index (χ4n) is 15.3. The first-order valence-electron chi connectivity index (χ1n) is 29.7. The largest absolute Gasteiger partial charge is 0.0760 e. The molecular formula is C84H56. The number of hydrogen-bond donors (Lipinski definition) is 0. The maximum absolute atomic E-state index is 2.49. The zero-order valence-electron chi connectivity index (χ0n) is 46.3. The van der Waals surface area contributed by atoms with Crippen molar-refractivity contribution in [1.29, 1.82) is 0 Å². The summed E-state index contributed by atoms with van der Waals surface area (Å²) in [6, 6.07) is 98.1. The summed E-state index contributed by atoms with van der Waals surface area (Å²) in [6.07, 6.45) is 19.1. The van der Waals surface area contributed by atoms with E-state index in [-0.39, 0.29) is 0 Å². The van der Waals surface area contributed by atoms with Gasteiger partial charge in [-0.25, -0.2) is 0 Å². The summed E-state index contributed by atoms with van der Waals surface area (Å²) in [6.45, 7) is 0. The number of hydrogen-bond acceptors (Lipinski definition) is 0. The number of fused-ring (bicyclic) bond motifs is 13. The lowest BCUT2D eigenvalue weighted by molar-refractivity contribution is 0.739. The maximum atomic E-state index is 2.49. The minimum absolute atomic E-state index is 0.290. The van der Waals surface area contributed by atoms with Crippen LogP contribution in [0.4, 0.5) is 0 Å². The summed E-state index contributed by atoms with van der Waals surface area (Å²) in [4.78, 5) is 0. The molecule has 4 atom stereocenters. The van der Waals surface area contributed by atoms with Crippen molar-refractivity contribution in [3.8, 4) is 66.8 Å². The minimum atomic E-state index is 0.290. The van der Waals surface area contributed by atoms with Gasteiger partial charge < -0.3 is 0 Å². The summed E-state index contributed by atoms with van der Waals surface area (Å²) in [5.74, 6) is 1.39. The van der Waals surface area contributed by atoms with Gasteiger partial charge in [-0.15, -0.1) is 0 Å². The smallest absolute Gasteiger partial charge is 0.0206 e. The van der Waals surface area contributed by atoms with Crippen LogP contribution >= 0.6 is 0 Å². The molecule has 0 saturated carbocycles. The molecule has 0 N–H and O–H groups in total. The second-order valence-electron chi connectivity index (χ2n) is 23.2. The Balaban J connectivity index is 0.000000148. The van der Waals surface area contributed by atoms with Crippen molar-refractivity contribution in [2.24, 2.45) is 11.8 Å². The Kier molecular flexibility index (Phi) is 11.3. The van der Waals surface area contributed by atoms with E-state index in [0.29, 0.717) is 23.7 Å². The first-order chi connectivity index (χ1) is 41.7. The first-order valence-corrected chi connectivity index (χ1v) is 29.7. The first kappa shape index (κ1) is 48.3. The Hall–Kier alpha value is -10.4. The third-order valence-corrected chi connectivity index (χ3v) is 18.9. The highest BCUT2D eigenvalue weighted by Gasteiger charge is 2.45. The third-order valence-electron chi connectivity index (χ3n) is 18.9. The summed E-state index contributed by atoms with van der Waals surface area (Å²) in [5, 5.41) is 5.14. The van der Waals surface area contributed by atoms with Crippen LogP contribution in [-0.4, -0.2) is 0 Å². The molecule has 12 aromatic rings. The monoisotopic (exact) mass is 1060 g/mol. The van der Waals surface area contributed by atoms with Crippen molar-refractivity contribution in [3.63, 3.8) is 0 Å². The second-order valence-corrected chi connectivity index (χ2v) is 23.2. The Labute approximate surface area is 491 Å². The van der Waals surface area contributed by atoms with E-state index in [1.54, 1.807) is 0 Å². The average molecular weight is 1070 g/mol. The lowest BCUT2D eigenvalue weighted by Crippen LogP contribution is -2.16.